The van der Waals surface area contributed by atoms with Crippen molar-refractivity contribution in [2.75, 3.05) is 18.6 Å². The van der Waals surface area contributed by atoms with Crippen LogP contribution >= 0.6 is 0 Å². The van der Waals surface area contributed by atoms with Crippen LogP contribution in [0, 0.1) is 0 Å². The number of nitrogens with two attached hydrogens (primary N) is 1. The first-order valence-corrected chi connectivity index (χ1v) is 5.04. The Labute approximate surface area is 97.6 Å². The van der Waals surface area contributed by atoms with Crippen molar-refractivity contribution in [2.24, 2.45) is 5.73 Å². The number of rotatable bonds is 1. The Morgan fingerprint density at radius 1 is 1.59 bits per heavy atom. The number of carboxylic acids is 1. The van der Waals surface area contributed by atoms with Gasteiger partial charge in [-0.15, -0.1) is 0 Å². The zero-order chi connectivity index (χ0) is 12.6. The van der Waals surface area contributed by atoms with E-state index in [9.17, 15) is 9.59 Å². The number of hydrogen-bond acceptors (Lipinski definition) is 4. The molecule has 0 unspecified atom stereocenters. The third-order valence-corrected chi connectivity index (χ3v) is 2.63. The number of aromatic carboxylic acids is 1. The molecule has 0 fully saturated rings. The van der Waals surface area contributed by atoms with Gasteiger partial charge in [0, 0.05) is 7.05 Å². The number of amides is 1. The summed E-state index contributed by atoms with van der Waals surface area (Å²) in [5.74, 6) is -0.896. The first-order chi connectivity index (χ1) is 8.00. The number of likely N-dealkylation sites (N-methyl/N-ethyl adjacent to an activating group) is 1. The van der Waals surface area contributed by atoms with Crippen LogP contribution in [-0.2, 0) is 4.79 Å². The summed E-state index contributed by atoms with van der Waals surface area (Å²) in [6.45, 7) is 0.0859. The number of anilines is 1. The van der Waals surface area contributed by atoms with Crippen molar-refractivity contribution in [3.8, 4) is 5.75 Å². The highest BCUT2D eigenvalue weighted by molar-refractivity contribution is 6.00. The highest BCUT2D eigenvalue weighted by Gasteiger charge is 2.27. The summed E-state index contributed by atoms with van der Waals surface area (Å²) >= 11 is 0. The molecule has 0 spiro atoms. The Kier molecular flexibility index (Phi) is 2.72. The van der Waals surface area contributed by atoms with E-state index in [1.54, 1.807) is 7.05 Å². The quantitative estimate of drug-likeness (QED) is 0.719. The predicted molar refractivity (Wildman–Crippen MR) is 60.3 cm³/mol. The molecule has 0 bridgehead atoms. The Hall–Kier alpha value is -2.08. The Morgan fingerprint density at radius 2 is 2.29 bits per heavy atom. The van der Waals surface area contributed by atoms with Gasteiger partial charge in [0.15, 0.2) is 0 Å². The number of ether oxygens (including phenoxy) is 1. The minimum atomic E-state index is -1.05. The van der Waals surface area contributed by atoms with Crippen LogP contribution in [0.4, 0.5) is 5.69 Å². The van der Waals surface area contributed by atoms with Crippen LogP contribution in [0.3, 0.4) is 0 Å². The molecule has 0 saturated heterocycles. The van der Waals surface area contributed by atoms with E-state index in [-0.39, 0.29) is 18.1 Å². The normalized spacial score (nSPS) is 19.3. The third-order valence-electron chi connectivity index (χ3n) is 2.63. The molecular formula is C11H12N2O4. The van der Waals surface area contributed by atoms with Crippen molar-refractivity contribution >= 4 is 17.6 Å². The van der Waals surface area contributed by atoms with Crippen LogP contribution in [-0.4, -0.2) is 36.7 Å². The van der Waals surface area contributed by atoms with Gasteiger partial charge in [-0.2, -0.15) is 0 Å². The van der Waals surface area contributed by atoms with Gasteiger partial charge in [0.2, 0.25) is 5.91 Å². The standard InChI is InChI=1S/C11H12N2O4/c1-13-8-4-6(11(15)16)2-3-9(8)17-5-7(12)10(13)14/h2-4,7H,5,12H2,1H3,(H,15,16)/t7-/m0/s1. The summed E-state index contributed by atoms with van der Waals surface area (Å²) in [7, 11) is 1.54. The summed E-state index contributed by atoms with van der Waals surface area (Å²) in [6.07, 6.45) is 0. The number of nitrogens with zero attached hydrogens (tertiary/aromatic N) is 1. The fourth-order valence-electron chi connectivity index (χ4n) is 1.65. The van der Waals surface area contributed by atoms with Crippen LogP contribution in [0.15, 0.2) is 18.2 Å². The summed E-state index contributed by atoms with van der Waals surface area (Å²) in [4.78, 5) is 23.9. The molecule has 1 atom stereocenters. The summed E-state index contributed by atoms with van der Waals surface area (Å²) in [5, 5.41) is 8.89. The van der Waals surface area contributed by atoms with Crippen LogP contribution in [0.25, 0.3) is 0 Å². The average Bonchev–Trinajstić information content (AvgIpc) is 2.42. The minimum absolute atomic E-state index is 0.0859. The lowest BCUT2D eigenvalue weighted by Crippen LogP contribution is -2.43. The molecule has 2 rings (SSSR count). The first kappa shape index (κ1) is 11.4. The molecule has 3 N–H and O–H groups in total. The second-order valence-electron chi connectivity index (χ2n) is 3.80. The Morgan fingerprint density at radius 3 is 2.94 bits per heavy atom. The van der Waals surface area contributed by atoms with Crippen molar-refractivity contribution in [2.45, 2.75) is 6.04 Å². The first-order valence-electron chi connectivity index (χ1n) is 5.04. The summed E-state index contributed by atoms with van der Waals surface area (Å²) in [5.41, 5.74) is 6.13. The number of carbonyl (C=O) groups excluding carboxylic acids is 1. The number of carboxylic acid groups (broad SMARTS) is 1. The van der Waals surface area contributed by atoms with E-state index in [0.29, 0.717) is 11.4 Å². The van der Waals surface area contributed by atoms with Gasteiger partial charge >= 0.3 is 5.97 Å². The molecule has 1 aliphatic rings. The average molecular weight is 236 g/mol. The fraction of sp³-hybridized carbons (Fsp3) is 0.273. The van der Waals surface area contributed by atoms with E-state index < -0.39 is 12.0 Å². The van der Waals surface area contributed by atoms with Crippen LogP contribution in [0.2, 0.25) is 0 Å². The van der Waals surface area contributed by atoms with Gasteiger partial charge in [0.25, 0.3) is 0 Å². The third kappa shape index (κ3) is 1.94. The van der Waals surface area contributed by atoms with Crippen LogP contribution in [0.1, 0.15) is 10.4 Å². The lowest BCUT2D eigenvalue weighted by Gasteiger charge is -2.17. The molecule has 1 aromatic carbocycles. The number of hydrogen-bond donors (Lipinski definition) is 2. The van der Waals surface area contributed by atoms with E-state index >= 15 is 0 Å². The maximum absolute atomic E-state index is 11.8. The van der Waals surface area contributed by atoms with Gasteiger partial charge < -0.3 is 20.5 Å². The van der Waals surface area contributed by atoms with Crippen LogP contribution < -0.4 is 15.4 Å². The SMILES string of the molecule is CN1C(=O)[C@@H](N)COc2ccc(C(=O)O)cc21. The zero-order valence-corrected chi connectivity index (χ0v) is 9.21. The second kappa shape index (κ2) is 4.06. The number of carbonyl (C=O) groups is 2. The molecule has 1 heterocycles. The second-order valence-corrected chi connectivity index (χ2v) is 3.80. The number of benzene rings is 1. The molecule has 0 aromatic heterocycles. The zero-order valence-electron chi connectivity index (χ0n) is 9.21. The highest BCUT2D eigenvalue weighted by Crippen LogP contribution is 2.31. The lowest BCUT2D eigenvalue weighted by atomic mass is 10.1. The largest absolute Gasteiger partial charge is 0.489 e. The van der Waals surface area contributed by atoms with E-state index in [4.69, 9.17) is 15.6 Å². The highest BCUT2D eigenvalue weighted by atomic mass is 16.5. The van der Waals surface area contributed by atoms with E-state index in [2.05, 4.69) is 0 Å². The van der Waals surface area contributed by atoms with Gasteiger partial charge in [-0.3, -0.25) is 4.79 Å². The van der Waals surface area contributed by atoms with Crippen molar-refractivity contribution in [3.05, 3.63) is 23.8 Å². The van der Waals surface area contributed by atoms with E-state index in [0.717, 1.165) is 0 Å². The van der Waals surface area contributed by atoms with Crippen molar-refractivity contribution in [3.63, 3.8) is 0 Å². The molecule has 90 valence electrons. The van der Waals surface area contributed by atoms with Crippen LogP contribution in [0.5, 0.6) is 5.75 Å². The van der Waals surface area contributed by atoms with Gasteiger partial charge in [-0.25, -0.2) is 4.79 Å². The van der Waals surface area contributed by atoms with Gasteiger partial charge in [-0.1, -0.05) is 0 Å². The molecular weight excluding hydrogens is 224 g/mol. The van der Waals surface area contributed by atoms with Gasteiger partial charge in [0.05, 0.1) is 11.3 Å². The molecule has 17 heavy (non-hydrogen) atoms. The summed E-state index contributed by atoms with van der Waals surface area (Å²) < 4.78 is 5.36. The fourth-order valence-corrected chi connectivity index (χ4v) is 1.65. The molecule has 0 aliphatic carbocycles. The van der Waals surface area contributed by atoms with Gasteiger partial charge in [-0.05, 0) is 18.2 Å². The molecule has 1 amide bonds. The minimum Gasteiger partial charge on any atom is -0.489 e. The maximum atomic E-state index is 11.8. The van der Waals surface area contributed by atoms with Crippen molar-refractivity contribution in [1.82, 2.24) is 0 Å². The van der Waals surface area contributed by atoms with Gasteiger partial charge in [0.1, 0.15) is 18.4 Å². The van der Waals surface area contributed by atoms with Crippen molar-refractivity contribution in [1.29, 1.82) is 0 Å². The lowest BCUT2D eigenvalue weighted by molar-refractivity contribution is -0.119. The monoisotopic (exact) mass is 236 g/mol. The topological polar surface area (TPSA) is 92.9 Å². The summed E-state index contributed by atoms with van der Waals surface area (Å²) in [6, 6.07) is 3.62. The molecule has 6 heteroatoms. The molecule has 1 aromatic rings. The van der Waals surface area contributed by atoms with E-state index in [1.807, 2.05) is 0 Å². The smallest absolute Gasteiger partial charge is 0.335 e. The Balaban J connectivity index is 2.49. The molecule has 0 saturated carbocycles. The molecule has 0 radical (unpaired) electrons. The molecule has 1 aliphatic heterocycles. The Bertz CT molecular complexity index is 486. The number of fused-ring (bicyclic) bond motifs is 1. The molecule has 6 nitrogen and oxygen atoms in total. The maximum Gasteiger partial charge on any atom is 0.335 e. The van der Waals surface area contributed by atoms with Crippen molar-refractivity contribution < 1.29 is 19.4 Å². The predicted octanol–water partition coefficient (Wildman–Crippen LogP) is 0.0673. The van der Waals surface area contributed by atoms with E-state index in [1.165, 1.54) is 23.1 Å².